The summed E-state index contributed by atoms with van der Waals surface area (Å²) >= 11 is 9.37. The topological polar surface area (TPSA) is 29.5 Å². The van der Waals surface area contributed by atoms with Gasteiger partial charge in [-0.15, -0.1) is 0 Å². The monoisotopic (exact) mass is 391 g/mol. The van der Waals surface area contributed by atoms with Crippen molar-refractivity contribution in [2.24, 2.45) is 0 Å². The molecule has 0 fully saturated rings. The van der Waals surface area contributed by atoms with Crippen LogP contribution in [0.5, 0.6) is 5.75 Å². The van der Waals surface area contributed by atoms with Crippen molar-refractivity contribution in [1.29, 1.82) is 0 Å². The number of hydrogen-bond donors (Lipinski definition) is 0. The summed E-state index contributed by atoms with van der Waals surface area (Å²) in [6.07, 6.45) is 0. The van der Waals surface area contributed by atoms with E-state index in [1.165, 1.54) is 0 Å². The van der Waals surface area contributed by atoms with Crippen LogP contribution in [0.15, 0.2) is 53.0 Å². The van der Waals surface area contributed by atoms with Crippen molar-refractivity contribution in [3.05, 3.63) is 69.2 Å². The highest BCUT2D eigenvalue weighted by molar-refractivity contribution is 9.12. The largest absolute Gasteiger partial charge is 0.497 e. The number of methoxy groups -OCH3 is 1. The van der Waals surface area contributed by atoms with Gasteiger partial charge in [0, 0.05) is 18.1 Å². The van der Waals surface area contributed by atoms with E-state index < -0.39 is 0 Å². The van der Waals surface area contributed by atoms with Crippen LogP contribution in [0.3, 0.4) is 0 Å². The van der Waals surface area contributed by atoms with E-state index in [0.29, 0.717) is 22.6 Å². The molecule has 1 heterocycles. The molecule has 118 valence electrons. The number of ether oxygens (including phenoxy) is 1. The summed E-state index contributed by atoms with van der Waals surface area (Å²) in [5.74, 6) is 0.813. The van der Waals surface area contributed by atoms with Gasteiger partial charge in [-0.3, -0.25) is 4.79 Å². The third-order valence-corrected chi connectivity index (χ3v) is 4.88. The van der Waals surface area contributed by atoms with Crippen LogP contribution >= 0.6 is 27.5 Å². The van der Waals surface area contributed by atoms with E-state index in [9.17, 15) is 4.79 Å². The SMILES string of the molecule is COc1ccc(CN2CC(c3ccc(Cl)cc3)=C(Br)C2=O)cc1. The van der Waals surface area contributed by atoms with E-state index in [0.717, 1.165) is 22.4 Å². The van der Waals surface area contributed by atoms with Crippen molar-refractivity contribution in [3.8, 4) is 5.75 Å². The van der Waals surface area contributed by atoms with Crippen LogP contribution in [-0.2, 0) is 11.3 Å². The second-order valence-electron chi connectivity index (χ2n) is 5.31. The van der Waals surface area contributed by atoms with Gasteiger partial charge in [0.05, 0.1) is 11.6 Å². The number of carbonyl (C=O) groups is 1. The molecule has 0 atom stereocenters. The maximum Gasteiger partial charge on any atom is 0.261 e. The molecule has 0 unspecified atom stereocenters. The molecule has 1 aliphatic heterocycles. The van der Waals surface area contributed by atoms with E-state index in [4.69, 9.17) is 16.3 Å². The van der Waals surface area contributed by atoms with Gasteiger partial charge in [0.1, 0.15) is 5.75 Å². The lowest BCUT2D eigenvalue weighted by Gasteiger charge is -2.17. The Balaban J connectivity index is 1.77. The molecular weight excluding hydrogens is 378 g/mol. The van der Waals surface area contributed by atoms with Crippen LogP contribution in [0, 0.1) is 0 Å². The molecular formula is C18H15BrClNO2. The Morgan fingerprint density at radius 1 is 1.13 bits per heavy atom. The Kier molecular flexibility index (Phi) is 4.74. The Morgan fingerprint density at radius 3 is 2.39 bits per heavy atom. The molecule has 0 bridgehead atoms. The van der Waals surface area contributed by atoms with Gasteiger partial charge < -0.3 is 9.64 Å². The number of nitrogens with zero attached hydrogens (tertiary/aromatic N) is 1. The smallest absolute Gasteiger partial charge is 0.261 e. The number of amides is 1. The molecule has 1 aliphatic rings. The molecule has 3 rings (SSSR count). The minimum atomic E-state index is 0.00534. The molecule has 5 heteroatoms. The third-order valence-electron chi connectivity index (χ3n) is 3.81. The van der Waals surface area contributed by atoms with E-state index in [2.05, 4.69) is 15.9 Å². The molecule has 0 N–H and O–H groups in total. The second-order valence-corrected chi connectivity index (χ2v) is 6.54. The molecule has 2 aromatic rings. The Hall–Kier alpha value is -1.78. The summed E-state index contributed by atoms with van der Waals surface area (Å²) in [6, 6.07) is 15.3. The van der Waals surface area contributed by atoms with E-state index >= 15 is 0 Å². The molecule has 2 aromatic carbocycles. The van der Waals surface area contributed by atoms with Crippen molar-refractivity contribution in [2.45, 2.75) is 6.54 Å². The molecule has 0 saturated heterocycles. The molecule has 0 saturated carbocycles. The summed E-state index contributed by atoms with van der Waals surface area (Å²) in [7, 11) is 1.64. The van der Waals surface area contributed by atoms with Crippen molar-refractivity contribution >= 4 is 39.0 Å². The first-order valence-electron chi connectivity index (χ1n) is 7.15. The predicted octanol–water partition coefficient (Wildman–Crippen LogP) is 4.50. The molecule has 0 spiro atoms. The first-order valence-corrected chi connectivity index (χ1v) is 8.32. The van der Waals surface area contributed by atoms with Crippen molar-refractivity contribution in [3.63, 3.8) is 0 Å². The number of halogens is 2. The Morgan fingerprint density at radius 2 is 1.78 bits per heavy atom. The fourth-order valence-electron chi connectivity index (χ4n) is 2.55. The van der Waals surface area contributed by atoms with E-state index in [1.54, 1.807) is 7.11 Å². The zero-order valence-electron chi connectivity index (χ0n) is 12.6. The summed E-state index contributed by atoms with van der Waals surface area (Å²) in [5, 5.41) is 0.685. The number of benzene rings is 2. The average molecular weight is 393 g/mol. The highest BCUT2D eigenvalue weighted by Gasteiger charge is 2.29. The zero-order valence-corrected chi connectivity index (χ0v) is 14.9. The van der Waals surface area contributed by atoms with Crippen LogP contribution in [0.4, 0.5) is 0 Å². The molecule has 0 radical (unpaired) electrons. The van der Waals surface area contributed by atoms with Gasteiger partial charge in [0.2, 0.25) is 0 Å². The third kappa shape index (κ3) is 3.43. The lowest BCUT2D eigenvalue weighted by Crippen LogP contribution is -2.25. The number of rotatable bonds is 4. The Labute approximate surface area is 148 Å². The highest BCUT2D eigenvalue weighted by Crippen LogP contribution is 2.33. The van der Waals surface area contributed by atoms with Gasteiger partial charge in [0.25, 0.3) is 5.91 Å². The summed E-state index contributed by atoms with van der Waals surface area (Å²) in [4.78, 5) is 14.3. The quantitative estimate of drug-likeness (QED) is 0.767. The van der Waals surface area contributed by atoms with Crippen LogP contribution < -0.4 is 4.74 Å². The van der Waals surface area contributed by atoms with Crippen molar-refractivity contribution in [2.75, 3.05) is 13.7 Å². The van der Waals surface area contributed by atoms with Crippen LogP contribution in [0.2, 0.25) is 5.02 Å². The van der Waals surface area contributed by atoms with Crippen LogP contribution in [0.25, 0.3) is 5.57 Å². The fraction of sp³-hybridized carbons (Fsp3) is 0.167. The van der Waals surface area contributed by atoms with Gasteiger partial charge in [-0.2, -0.15) is 0 Å². The maximum absolute atomic E-state index is 12.5. The minimum Gasteiger partial charge on any atom is -0.497 e. The molecule has 0 aromatic heterocycles. The lowest BCUT2D eigenvalue weighted by atomic mass is 10.1. The Bertz CT molecular complexity index is 754. The van der Waals surface area contributed by atoms with Gasteiger partial charge in [-0.05, 0) is 56.9 Å². The first-order chi connectivity index (χ1) is 11.1. The van der Waals surface area contributed by atoms with Gasteiger partial charge >= 0.3 is 0 Å². The second kappa shape index (κ2) is 6.77. The predicted molar refractivity (Wildman–Crippen MR) is 95.7 cm³/mol. The standard InChI is InChI=1S/C18H15BrClNO2/c1-23-15-8-2-12(3-9-15)10-21-11-16(17(19)18(21)22)13-4-6-14(20)7-5-13/h2-9H,10-11H2,1H3. The van der Waals surface area contributed by atoms with Crippen LogP contribution in [0.1, 0.15) is 11.1 Å². The molecule has 23 heavy (non-hydrogen) atoms. The van der Waals surface area contributed by atoms with Crippen molar-refractivity contribution < 1.29 is 9.53 Å². The van der Waals surface area contributed by atoms with Crippen molar-refractivity contribution in [1.82, 2.24) is 4.90 Å². The average Bonchev–Trinajstić information content (AvgIpc) is 2.85. The molecule has 1 amide bonds. The van der Waals surface area contributed by atoms with Gasteiger partial charge in [0.15, 0.2) is 0 Å². The first kappa shape index (κ1) is 16.1. The normalized spacial score (nSPS) is 14.6. The van der Waals surface area contributed by atoms with Gasteiger partial charge in [-0.1, -0.05) is 35.9 Å². The fourth-order valence-corrected chi connectivity index (χ4v) is 3.28. The minimum absolute atomic E-state index is 0.00534. The highest BCUT2D eigenvalue weighted by atomic mass is 79.9. The molecule has 0 aliphatic carbocycles. The molecule has 3 nitrogen and oxygen atoms in total. The summed E-state index contributed by atoms with van der Waals surface area (Å²) < 4.78 is 5.77. The van der Waals surface area contributed by atoms with Gasteiger partial charge in [-0.25, -0.2) is 0 Å². The van der Waals surface area contributed by atoms with Crippen LogP contribution in [-0.4, -0.2) is 24.5 Å². The maximum atomic E-state index is 12.5. The lowest BCUT2D eigenvalue weighted by molar-refractivity contribution is -0.125. The zero-order chi connectivity index (χ0) is 16.4. The number of hydrogen-bond acceptors (Lipinski definition) is 2. The van der Waals surface area contributed by atoms with E-state index in [-0.39, 0.29) is 5.91 Å². The number of carbonyl (C=O) groups excluding carboxylic acids is 1. The summed E-state index contributed by atoms with van der Waals surface area (Å²) in [5.41, 5.74) is 3.06. The van der Waals surface area contributed by atoms with E-state index in [1.807, 2.05) is 53.4 Å². The summed E-state index contributed by atoms with van der Waals surface area (Å²) in [6.45, 7) is 1.14.